The van der Waals surface area contributed by atoms with Gasteiger partial charge in [0, 0.05) is 28.5 Å². The Kier molecular flexibility index (Phi) is 7.24. The monoisotopic (exact) mass is 482 g/mol. The van der Waals surface area contributed by atoms with Crippen LogP contribution in [0.1, 0.15) is 28.8 Å². The van der Waals surface area contributed by atoms with Crippen molar-refractivity contribution in [1.29, 1.82) is 0 Å². The number of benzene rings is 3. The van der Waals surface area contributed by atoms with Crippen LogP contribution in [0, 0.1) is 0 Å². The third-order valence-electron chi connectivity index (χ3n) is 5.52. The van der Waals surface area contributed by atoms with Crippen LogP contribution in [0.3, 0.4) is 0 Å². The number of carbonyl (C=O) groups is 1. The quantitative estimate of drug-likeness (QED) is 0.261. The molecule has 0 aliphatic heterocycles. The number of rotatable bonds is 10. The highest BCUT2D eigenvalue weighted by Crippen LogP contribution is 2.34. The van der Waals surface area contributed by atoms with E-state index in [4.69, 9.17) is 4.74 Å². The number of hydrogen-bond donors (Lipinski definition) is 2. The second kappa shape index (κ2) is 11.1. The summed E-state index contributed by atoms with van der Waals surface area (Å²) in [5.41, 5.74) is 4.06. The lowest BCUT2D eigenvalue weighted by molar-refractivity contribution is 0.102. The predicted octanol–water partition coefficient (Wildman–Crippen LogP) is 6.24. The van der Waals surface area contributed by atoms with Crippen LogP contribution in [0.2, 0.25) is 0 Å². The first-order valence-corrected chi connectivity index (χ1v) is 12.5. The Morgan fingerprint density at radius 2 is 1.80 bits per heavy atom. The molecule has 1 aromatic heterocycles. The van der Waals surface area contributed by atoms with Crippen molar-refractivity contribution in [2.45, 2.75) is 24.5 Å². The first-order valence-electron chi connectivity index (χ1n) is 11.7. The zero-order chi connectivity index (χ0) is 23.9. The Hall–Kier alpha value is -3.84. The van der Waals surface area contributed by atoms with Gasteiger partial charge in [0.05, 0.1) is 24.7 Å². The number of nitrogens with one attached hydrogen (secondary N) is 2. The molecule has 6 nitrogen and oxygen atoms in total. The van der Waals surface area contributed by atoms with E-state index >= 15 is 0 Å². The molecule has 7 heteroatoms. The smallest absolute Gasteiger partial charge is 0.255 e. The summed E-state index contributed by atoms with van der Waals surface area (Å²) >= 11 is 1.69. The number of aromatic nitrogens is 2. The van der Waals surface area contributed by atoms with Crippen LogP contribution >= 0.6 is 11.9 Å². The van der Waals surface area contributed by atoms with Gasteiger partial charge in [0.25, 0.3) is 5.91 Å². The summed E-state index contributed by atoms with van der Waals surface area (Å²) in [5, 5.41) is 3.62. The molecule has 0 radical (unpaired) electrons. The summed E-state index contributed by atoms with van der Waals surface area (Å²) in [7, 11) is 0. The van der Waals surface area contributed by atoms with Gasteiger partial charge in [-0.1, -0.05) is 42.5 Å². The standard InChI is InChI=1S/C28H26N4O2S/c33-28(30-23-9-11-24(12-10-23)34-16-15-20-5-2-1-3-6-20)22-8-4-7-21(17-22)26-18-29-19-27(31-26)32-35-25-13-14-25/h1-12,17-19,25H,13-16H2,(H,30,33)(H,31,32). The molecule has 176 valence electrons. The van der Waals surface area contributed by atoms with Crippen molar-refractivity contribution in [2.75, 3.05) is 16.6 Å². The Morgan fingerprint density at radius 3 is 2.60 bits per heavy atom. The summed E-state index contributed by atoms with van der Waals surface area (Å²) in [6, 6.07) is 25.1. The number of amides is 1. The van der Waals surface area contributed by atoms with E-state index in [-0.39, 0.29) is 5.91 Å². The maximum atomic E-state index is 12.9. The number of anilines is 2. The van der Waals surface area contributed by atoms with E-state index in [2.05, 4.69) is 32.1 Å². The molecule has 0 spiro atoms. The van der Waals surface area contributed by atoms with Gasteiger partial charge in [0.15, 0.2) is 5.82 Å². The molecule has 1 aliphatic carbocycles. The maximum Gasteiger partial charge on any atom is 0.255 e. The van der Waals surface area contributed by atoms with Crippen LogP contribution < -0.4 is 14.8 Å². The Labute approximate surface area is 209 Å². The van der Waals surface area contributed by atoms with Crippen LogP contribution in [0.4, 0.5) is 11.5 Å². The number of carbonyl (C=O) groups excluding carboxylic acids is 1. The molecule has 4 aromatic rings. The summed E-state index contributed by atoms with van der Waals surface area (Å²) in [5.74, 6) is 1.31. The molecule has 1 heterocycles. The Morgan fingerprint density at radius 1 is 0.971 bits per heavy atom. The second-order valence-electron chi connectivity index (χ2n) is 8.35. The van der Waals surface area contributed by atoms with Crippen molar-refractivity contribution in [3.63, 3.8) is 0 Å². The van der Waals surface area contributed by atoms with Crippen LogP contribution in [-0.2, 0) is 6.42 Å². The molecule has 3 aromatic carbocycles. The fourth-order valence-electron chi connectivity index (χ4n) is 3.47. The van der Waals surface area contributed by atoms with Crippen molar-refractivity contribution in [3.05, 3.63) is 102 Å². The minimum absolute atomic E-state index is 0.184. The van der Waals surface area contributed by atoms with E-state index in [1.165, 1.54) is 18.4 Å². The Balaban J connectivity index is 1.18. The van der Waals surface area contributed by atoms with Gasteiger partial charge in [-0.15, -0.1) is 0 Å². The van der Waals surface area contributed by atoms with Gasteiger partial charge < -0.3 is 14.8 Å². The zero-order valence-electron chi connectivity index (χ0n) is 19.2. The van der Waals surface area contributed by atoms with Crippen LogP contribution in [0.15, 0.2) is 91.3 Å². The molecule has 1 saturated carbocycles. The lowest BCUT2D eigenvalue weighted by Gasteiger charge is -2.10. The van der Waals surface area contributed by atoms with E-state index < -0.39 is 0 Å². The van der Waals surface area contributed by atoms with Gasteiger partial charge in [-0.25, -0.2) is 4.98 Å². The van der Waals surface area contributed by atoms with Gasteiger partial charge in [0.2, 0.25) is 0 Å². The SMILES string of the molecule is O=C(Nc1ccc(OCCc2ccccc2)cc1)c1cccc(-c2cncc(NSC3CC3)n2)c1. The molecule has 35 heavy (non-hydrogen) atoms. The lowest BCUT2D eigenvalue weighted by atomic mass is 10.1. The van der Waals surface area contributed by atoms with Crippen molar-refractivity contribution in [3.8, 4) is 17.0 Å². The molecule has 1 fully saturated rings. The predicted molar refractivity (Wildman–Crippen MR) is 142 cm³/mol. The molecule has 0 saturated heterocycles. The zero-order valence-corrected chi connectivity index (χ0v) is 20.0. The average molecular weight is 483 g/mol. The molecule has 0 unspecified atom stereocenters. The number of hydrogen-bond acceptors (Lipinski definition) is 6. The molecule has 1 amide bonds. The fourth-order valence-corrected chi connectivity index (χ4v) is 4.23. The molecule has 5 rings (SSSR count). The van der Waals surface area contributed by atoms with Crippen molar-refractivity contribution in [1.82, 2.24) is 9.97 Å². The van der Waals surface area contributed by atoms with Crippen LogP contribution in [0.25, 0.3) is 11.3 Å². The Bertz CT molecular complexity index is 1280. The van der Waals surface area contributed by atoms with E-state index in [9.17, 15) is 4.79 Å². The van der Waals surface area contributed by atoms with Gasteiger partial charge in [0.1, 0.15) is 5.75 Å². The van der Waals surface area contributed by atoms with E-state index in [1.54, 1.807) is 30.4 Å². The fraction of sp³-hybridized carbons (Fsp3) is 0.179. The van der Waals surface area contributed by atoms with Gasteiger partial charge in [-0.3, -0.25) is 9.78 Å². The van der Waals surface area contributed by atoms with E-state index in [1.807, 2.05) is 60.7 Å². The third-order valence-corrected chi connectivity index (χ3v) is 6.66. The number of nitrogens with zero attached hydrogens (tertiary/aromatic N) is 2. The van der Waals surface area contributed by atoms with E-state index in [0.717, 1.165) is 29.2 Å². The van der Waals surface area contributed by atoms with Crippen molar-refractivity contribution < 1.29 is 9.53 Å². The summed E-state index contributed by atoms with van der Waals surface area (Å²) in [4.78, 5) is 21.8. The van der Waals surface area contributed by atoms with Crippen molar-refractivity contribution in [2.24, 2.45) is 0 Å². The van der Waals surface area contributed by atoms with Gasteiger partial charge >= 0.3 is 0 Å². The summed E-state index contributed by atoms with van der Waals surface area (Å²) in [6.07, 6.45) is 6.75. The first kappa shape index (κ1) is 22.9. The highest BCUT2D eigenvalue weighted by Gasteiger charge is 2.22. The normalized spacial score (nSPS) is 12.7. The van der Waals surface area contributed by atoms with Gasteiger partial charge in [-0.2, -0.15) is 0 Å². The van der Waals surface area contributed by atoms with Gasteiger partial charge in [-0.05, 0) is 66.8 Å². The first-order chi connectivity index (χ1) is 17.2. The minimum atomic E-state index is -0.184. The molecule has 1 aliphatic rings. The summed E-state index contributed by atoms with van der Waals surface area (Å²) in [6.45, 7) is 0.599. The van der Waals surface area contributed by atoms with E-state index in [0.29, 0.717) is 23.1 Å². The molecule has 0 bridgehead atoms. The third kappa shape index (κ3) is 6.61. The topological polar surface area (TPSA) is 76.1 Å². The molecule has 2 N–H and O–H groups in total. The molecule has 0 atom stereocenters. The minimum Gasteiger partial charge on any atom is -0.493 e. The highest BCUT2D eigenvalue weighted by atomic mass is 32.2. The van der Waals surface area contributed by atoms with Crippen molar-refractivity contribution >= 4 is 29.4 Å². The van der Waals surface area contributed by atoms with Crippen LogP contribution in [0.5, 0.6) is 5.75 Å². The average Bonchev–Trinajstić information content (AvgIpc) is 3.74. The van der Waals surface area contributed by atoms with Crippen LogP contribution in [-0.4, -0.2) is 27.7 Å². The molecular weight excluding hydrogens is 456 g/mol. The second-order valence-corrected chi connectivity index (χ2v) is 9.46. The number of ether oxygens (including phenoxy) is 1. The largest absolute Gasteiger partial charge is 0.493 e. The summed E-state index contributed by atoms with van der Waals surface area (Å²) < 4.78 is 9.10. The molecular formula is C28H26N4O2S. The highest BCUT2D eigenvalue weighted by molar-refractivity contribution is 8.01. The lowest BCUT2D eigenvalue weighted by Crippen LogP contribution is -2.12. The maximum absolute atomic E-state index is 12.9.